The van der Waals surface area contributed by atoms with E-state index < -0.39 is 12.1 Å². The Bertz CT molecular complexity index is 675. The number of hydrogen-bond donors (Lipinski definition) is 1. The van der Waals surface area contributed by atoms with Crippen LogP contribution in [0.5, 0.6) is 0 Å². The highest BCUT2D eigenvalue weighted by molar-refractivity contribution is 7.08. The molecule has 0 saturated heterocycles. The summed E-state index contributed by atoms with van der Waals surface area (Å²) < 4.78 is 5.08. The van der Waals surface area contributed by atoms with Crippen LogP contribution in [-0.4, -0.2) is 18.0 Å². The maximum absolute atomic E-state index is 11.9. The molecule has 5 heteroatoms. The van der Waals surface area contributed by atoms with E-state index in [4.69, 9.17) is 4.74 Å². The first-order chi connectivity index (χ1) is 11.0. The van der Waals surface area contributed by atoms with Gasteiger partial charge in [0.15, 0.2) is 6.10 Å². The fourth-order valence-corrected chi connectivity index (χ4v) is 2.47. The average molecular weight is 329 g/mol. The second-order valence-electron chi connectivity index (χ2n) is 5.17. The van der Waals surface area contributed by atoms with Gasteiger partial charge in [0.2, 0.25) is 0 Å². The molecule has 0 saturated carbocycles. The molecule has 2 aromatic rings. The number of nitrogens with one attached hydrogen (secondary N) is 1. The van der Waals surface area contributed by atoms with Crippen LogP contribution in [0.15, 0.2) is 47.2 Å². The number of rotatable bonds is 6. The molecule has 0 aliphatic rings. The third kappa shape index (κ3) is 5.71. The number of thiophene rings is 1. The molecule has 23 heavy (non-hydrogen) atoms. The SMILES string of the molecule is Cc1ccc(CNC(=O)[C@@H](C)OC(=O)/C=C/c2ccsc2)cc1. The summed E-state index contributed by atoms with van der Waals surface area (Å²) in [4.78, 5) is 23.6. The van der Waals surface area contributed by atoms with Gasteiger partial charge in [-0.25, -0.2) is 4.79 Å². The zero-order valence-electron chi connectivity index (χ0n) is 13.1. The first kappa shape index (κ1) is 17.0. The van der Waals surface area contributed by atoms with Gasteiger partial charge in [-0.15, -0.1) is 0 Å². The standard InChI is InChI=1S/C18H19NO3S/c1-13-3-5-15(6-4-13)11-19-18(21)14(2)22-17(20)8-7-16-9-10-23-12-16/h3-10,12,14H,11H2,1-2H3,(H,19,21)/b8-7+/t14-/m1/s1. The Kier molecular flexibility index (Phi) is 6.11. The Morgan fingerprint density at radius 3 is 2.65 bits per heavy atom. The van der Waals surface area contributed by atoms with Crippen molar-refractivity contribution in [2.45, 2.75) is 26.5 Å². The van der Waals surface area contributed by atoms with Gasteiger partial charge in [-0.05, 0) is 47.9 Å². The van der Waals surface area contributed by atoms with Gasteiger partial charge < -0.3 is 10.1 Å². The van der Waals surface area contributed by atoms with Gasteiger partial charge in [-0.2, -0.15) is 11.3 Å². The molecule has 1 atom stereocenters. The van der Waals surface area contributed by atoms with Crippen LogP contribution >= 0.6 is 11.3 Å². The van der Waals surface area contributed by atoms with Gasteiger partial charge in [-0.1, -0.05) is 29.8 Å². The van der Waals surface area contributed by atoms with Gasteiger partial charge in [0.1, 0.15) is 0 Å². The van der Waals surface area contributed by atoms with Crippen molar-refractivity contribution < 1.29 is 14.3 Å². The van der Waals surface area contributed by atoms with Crippen LogP contribution in [0, 0.1) is 6.92 Å². The van der Waals surface area contributed by atoms with Crippen molar-refractivity contribution in [3.8, 4) is 0 Å². The van der Waals surface area contributed by atoms with Crippen molar-refractivity contribution in [1.29, 1.82) is 0 Å². The van der Waals surface area contributed by atoms with E-state index in [-0.39, 0.29) is 5.91 Å². The summed E-state index contributed by atoms with van der Waals surface area (Å²) in [5.41, 5.74) is 3.10. The molecule has 0 bridgehead atoms. The van der Waals surface area contributed by atoms with E-state index in [9.17, 15) is 9.59 Å². The molecule has 0 spiro atoms. The lowest BCUT2D eigenvalue weighted by atomic mass is 10.1. The fraction of sp³-hybridized carbons (Fsp3) is 0.222. The maximum Gasteiger partial charge on any atom is 0.331 e. The summed E-state index contributed by atoms with van der Waals surface area (Å²) in [5, 5.41) is 6.60. The quantitative estimate of drug-likeness (QED) is 0.653. The average Bonchev–Trinajstić information content (AvgIpc) is 3.05. The Labute approximate surface area is 139 Å². The molecule has 1 N–H and O–H groups in total. The predicted molar refractivity (Wildman–Crippen MR) is 91.9 cm³/mol. The monoisotopic (exact) mass is 329 g/mol. The van der Waals surface area contributed by atoms with Gasteiger partial charge in [0.25, 0.3) is 5.91 Å². The first-order valence-electron chi connectivity index (χ1n) is 7.29. The topological polar surface area (TPSA) is 55.4 Å². The molecule has 0 aliphatic carbocycles. The molecule has 2 rings (SSSR count). The minimum absolute atomic E-state index is 0.317. The molecule has 1 heterocycles. The lowest BCUT2D eigenvalue weighted by molar-refractivity contribution is -0.150. The zero-order chi connectivity index (χ0) is 16.7. The highest BCUT2D eigenvalue weighted by Crippen LogP contribution is 2.08. The third-order valence-electron chi connectivity index (χ3n) is 3.20. The van der Waals surface area contributed by atoms with Crippen molar-refractivity contribution >= 4 is 29.3 Å². The van der Waals surface area contributed by atoms with Crippen LogP contribution in [0.25, 0.3) is 6.08 Å². The summed E-state index contributed by atoms with van der Waals surface area (Å²) in [6.45, 7) is 3.97. The molecule has 4 nitrogen and oxygen atoms in total. The molecule has 1 amide bonds. The lowest BCUT2D eigenvalue weighted by Gasteiger charge is -2.12. The molecule has 1 aromatic carbocycles. The van der Waals surface area contributed by atoms with Crippen LogP contribution in [0.4, 0.5) is 0 Å². The van der Waals surface area contributed by atoms with Crippen molar-refractivity contribution in [2.75, 3.05) is 0 Å². The Hall–Kier alpha value is -2.40. The molecule has 120 valence electrons. The maximum atomic E-state index is 11.9. The van der Waals surface area contributed by atoms with Crippen LogP contribution in [0.3, 0.4) is 0 Å². The Balaban J connectivity index is 1.77. The van der Waals surface area contributed by atoms with Gasteiger partial charge in [-0.3, -0.25) is 4.79 Å². The summed E-state index contributed by atoms with van der Waals surface area (Å²) in [6, 6.07) is 9.78. The van der Waals surface area contributed by atoms with Crippen molar-refractivity contribution in [3.05, 3.63) is 63.9 Å². The number of benzene rings is 1. The van der Waals surface area contributed by atoms with Gasteiger partial charge >= 0.3 is 5.97 Å². The number of carbonyl (C=O) groups is 2. The largest absolute Gasteiger partial charge is 0.449 e. The second-order valence-corrected chi connectivity index (χ2v) is 5.95. The minimum Gasteiger partial charge on any atom is -0.449 e. The highest BCUT2D eigenvalue weighted by atomic mass is 32.1. The second kappa shape index (κ2) is 8.29. The number of hydrogen-bond acceptors (Lipinski definition) is 4. The summed E-state index contributed by atoms with van der Waals surface area (Å²) in [7, 11) is 0. The van der Waals surface area contributed by atoms with Crippen LogP contribution in [0.1, 0.15) is 23.6 Å². The molecule has 1 aromatic heterocycles. The Morgan fingerprint density at radius 2 is 2.00 bits per heavy atom. The number of carbonyl (C=O) groups excluding carboxylic acids is 2. The highest BCUT2D eigenvalue weighted by Gasteiger charge is 2.15. The van der Waals surface area contributed by atoms with E-state index in [1.807, 2.05) is 48.0 Å². The normalized spacial score (nSPS) is 12.1. The van der Waals surface area contributed by atoms with Crippen LogP contribution in [0.2, 0.25) is 0 Å². The van der Waals surface area contributed by atoms with E-state index >= 15 is 0 Å². The molecule has 0 aliphatic heterocycles. The van der Waals surface area contributed by atoms with E-state index in [0.717, 1.165) is 11.1 Å². The lowest BCUT2D eigenvalue weighted by Crippen LogP contribution is -2.35. The summed E-state index contributed by atoms with van der Waals surface area (Å²) >= 11 is 1.55. The van der Waals surface area contributed by atoms with Crippen molar-refractivity contribution in [1.82, 2.24) is 5.32 Å². The molecular formula is C18H19NO3S. The minimum atomic E-state index is -0.833. The van der Waals surface area contributed by atoms with E-state index in [0.29, 0.717) is 6.54 Å². The molecule has 0 radical (unpaired) electrons. The number of aryl methyl sites for hydroxylation is 1. The fourth-order valence-electron chi connectivity index (χ4n) is 1.84. The number of amides is 1. The van der Waals surface area contributed by atoms with E-state index in [1.54, 1.807) is 24.3 Å². The smallest absolute Gasteiger partial charge is 0.331 e. The summed E-state index contributed by atoms with van der Waals surface area (Å²) in [5.74, 6) is -0.850. The molecule has 0 fully saturated rings. The van der Waals surface area contributed by atoms with E-state index in [1.165, 1.54) is 11.6 Å². The first-order valence-corrected chi connectivity index (χ1v) is 8.23. The van der Waals surface area contributed by atoms with Gasteiger partial charge in [0.05, 0.1) is 0 Å². The van der Waals surface area contributed by atoms with Gasteiger partial charge in [0, 0.05) is 12.6 Å². The zero-order valence-corrected chi connectivity index (χ0v) is 13.9. The molecule has 0 unspecified atom stereocenters. The Morgan fingerprint density at radius 1 is 1.26 bits per heavy atom. The van der Waals surface area contributed by atoms with Crippen molar-refractivity contribution in [3.63, 3.8) is 0 Å². The predicted octanol–water partition coefficient (Wildman–Crippen LogP) is 3.32. The number of ether oxygens (including phenoxy) is 1. The van der Waals surface area contributed by atoms with Crippen molar-refractivity contribution in [2.24, 2.45) is 0 Å². The third-order valence-corrected chi connectivity index (χ3v) is 3.91. The van der Waals surface area contributed by atoms with Crippen LogP contribution in [-0.2, 0) is 20.9 Å². The summed E-state index contributed by atoms with van der Waals surface area (Å²) in [6.07, 6.45) is 2.15. The van der Waals surface area contributed by atoms with Crippen LogP contribution < -0.4 is 5.32 Å². The number of esters is 1. The molecular weight excluding hydrogens is 310 g/mol. The van der Waals surface area contributed by atoms with E-state index in [2.05, 4.69) is 5.32 Å².